The molecule has 0 aliphatic rings. The molecule has 1 aromatic carbocycles. The number of benzene rings is 1. The van der Waals surface area contributed by atoms with E-state index in [-0.39, 0.29) is 5.91 Å². The van der Waals surface area contributed by atoms with Gasteiger partial charge >= 0.3 is 0 Å². The smallest absolute Gasteiger partial charge is 0.219 e. The summed E-state index contributed by atoms with van der Waals surface area (Å²) in [6.45, 7) is 0.400. The van der Waals surface area contributed by atoms with E-state index in [4.69, 9.17) is 4.74 Å². The summed E-state index contributed by atoms with van der Waals surface area (Å²) in [5.41, 5.74) is 0.499. The minimum atomic E-state index is -0.0173. The van der Waals surface area contributed by atoms with Gasteiger partial charge in [-0.25, -0.2) is 0 Å². The molecule has 4 nitrogen and oxygen atoms in total. The predicted molar refractivity (Wildman–Crippen MR) is 68.3 cm³/mol. The van der Waals surface area contributed by atoms with Crippen molar-refractivity contribution >= 4 is 28.1 Å². The zero-order valence-electron chi connectivity index (χ0n) is 9.53. The van der Waals surface area contributed by atoms with Crippen molar-refractivity contribution in [3.05, 3.63) is 28.2 Å². The second-order valence-electron chi connectivity index (χ2n) is 3.40. The standard InChI is InChI=1S/C12H14BrNO3/c1-14-11(16)6-3-7-17-12-9(8-15)4-2-5-10(12)13/h2,4-5,8H,3,6-7H2,1H3,(H,14,16). The second-order valence-corrected chi connectivity index (χ2v) is 4.26. The van der Waals surface area contributed by atoms with Gasteiger partial charge < -0.3 is 10.1 Å². The number of hydrogen-bond acceptors (Lipinski definition) is 3. The molecule has 0 heterocycles. The van der Waals surface area contributed by atoms with Gasteiger partial charge in [-0.05, 0) is 34.5 Å². The van der Waals surface area contributed by atoms with Crippen LogP contribution in [0.1, 0.15) is 23.2 Å². The topological polar surface area (TPSA) is 55.4 Å². The first kappa shape index (κ1) is 13.7. The Labute approximate surface area is 108 Å². The van der Waals surface area contributed by atoms with Crippen LogP contribution in [0.15, 0.2) is 22.7 Å². The van der Waals surface area contributed by atoms with E-state index in [1.165, 1.54) is 0 Å². The monoisotopic (exact) mass is 299 g/mol. The lowest BCUT2D eigenvalue weighted by Gasteiger charge is -2.09. The molecule has 92 valence electrons. The lowest BCUT2D eigenvalue weighted by Crippen LogP contribution is -2.18. The summed E-state index contributed by atoms with van der Waals surface area (Å²) in [6.07, 6.45) is 1.77. The van der Waals surface area contributed by atoms with E-state index in [0.717, 1.165) is 10.8 Å². The van der Waals surface area contributed by atoms with E-state index in [1.54, 1.807) is 25.2 Å². The molecule has 1 N–H and O–H groups in total. The molecule has 17 heavy (non-hydrogen) atoms. The first-order valence-electron chi connectivity index (χ1n) is 5.26. The van der Waals surface area contributed by atoms with Crippen LogP contribution in [0.3, 0.4) is 0 Å². The molecule has 1 amide bonds. The SMILES string of the molecule is CNC(=O)CCCOc1c(Br)cccc1C=O. The summed E-state index contributed by atoms with van der Waals surface area (Å²) in [6, 6.07) is 5.26. The highest BCUT2D eigenvalue weighted by Gasteiger charge is 2.07. The highest BCUT2D eigenvalue weighted by Crippen LogP contribution is 2.28. The van der Waals surface area contributed by atoms with Crippen LogP contribution < -0.4 is 10.1 Å². The third kappa shape index (κ3) is 4.19. The third-order valence-corrected chi connectivity index (χ3v) is 2.82. The van der Waals surface area contributed by atoms with E-state index in [0.29, 0.717) is 30.8 Å². The van der Waals surface area contributed by atoms with Crippen molar-refractivity contribution in [2.45, 2.75) is 12.8 Å². The Morgan fingerprint density at radius 3 is 2.94 bits per heavy atom. The van der Waals surface area contributed by atoms with Gasteiger partial charge in [-0.3, -0.25) is 9.59 Å². The minimum absolute atomic E-state index is 0.0173. The number of ether oxygens (including phenoxy) is 1. The summed E-state index contributed by atoms with van der Waals surface area (Å²) in [5, 5.41) is 2.54. The van der Waals surface area contributed by atoms with Gasteiger partial charge in [0, 0.05) is 13.5 Å². The number of carbonyl (C=O) groups excluding carboxylic acids is 2. The van der Waals surface area contributed by atoms with E-state index in [9.17, 15) is 9.59 Å². The molecule has 1 aromatic rings. The Hall–Kier alpha value is -1.36. The van der Waals surface area contributed by atoms with E-state index in [2.05, 4.69) is 21.2 Å². The Morgan fingerprint density at radius 2 is 2.29 bits per heavy atom. The molecular weight excluding hydrogens is 286 g/mol. The van der Waals surface area contributed by atoms with Gasteiger partial charge in [-0.1, -0.05) is 6.07 Å². The summed E-state index contributed by atoms with van der Waals surface area (Å²) in [7, 11) is 1.60. The Bertz CT molecular complexity index is 407. The van der Waals surface area contributed by atoms with E-state index >= 15 is 0 Å². The Kier molecular flexibility index (Phi) is 5.69. The lowest BCUT2D eigenvalue weighted by molar-refractivity contribution is -0.120. The second kappa shape index (κ2) is 7.06. The number of aldehydes is 1. The maximum absolute atomic E-state index is 11.0. The normalized spacial score (nSPS) is 9.76. The number of carbonyl (C=O) groups is 2. The molecular formula is C12H14BrNO3. The van der Waals surface area contributed by atoms with Crippen LogP contribution in [0.25, 0.3) is 0 Å². The first-order chi connectivity index (χ1) is 8.19. The fourth-order valence-corrected chi connectivity index (χ4v) is 1.80. The van der Waals surface area contributed by atoms with Crippen molar-refractivity contribution in [1.82, 2.24) is 5.32 Å². The average molecular weight is 300 g/mol. The fourth-order valence-electron chi connectivity index (χ4n) is 1.30. The van der Waals surface area contributed by atoms with Gasteiger partial charge in [0.2, 0.25) is 5.91 Å². The van der Waals surface area contributed by atoms with Gasteiger partial charge in [-0.2, -0.15) is 0 Å². The van der Waals surface area contributed by atoms with Crippen LogP contribution in [0.5, 0.6) is 5.75 Å². The summed E-state index contributed by atoms with van der Waals surface area (Å²) in [5.74, 6) is 0.510. The van der Waals surface area contributed by atoms with Gasteiger partial charge in [0.1, 0.15) is 5.75 Å². The predicted octanol–water partition coefficient (Wildman–Crippen LogP) is 2.17. The molecule has 0 unspecified atom stereocenters. The summed E-state index contributed by atoms with van der Waals surface area (Å²) < 4.78 is 6.23. The molecule has 0 aliphatic heterocycles. The maximum Gasteiger partial charge on any atom is 0.219 e. The van der Waals surface area contributed by atoms with E-state index < -0.39 is 0 Å². The van der Waals surface area contributed by atoms with Crippen LogP contribution in [-0.4, -0.2) is 25.8 Å². The van der Waals surface area contributed by atoms with E-state index in [1.807, 2.05) is 0 Å². The third-order valence-electron chi connectivity index (χ3n) is 2.20. The molecule has 0 bridgehead atoms. The number of nitrogens with one attached hydrogen (secondary N) is 1. The van der Waals surface area contributed by atoms with Gasteiger partial charge in [0.25, 0.3) is 0 Å². The van der Waals surface area contributed by atoms with Gasteiger partial charge in [-0.15, -0.1) is 0 Å². The number of rotatable bonds is 6. The summed E-state index contributed by atoms with van der Waals surface area (Å²) in [4.78, 5) is 21.8. The quantitative estimate of drug-likeness (QED) is 0.647. The fraction of sp³-hybridized carbons (Fsp3) is 0.333. The lowest BCUT2D eigenvalue weighted by atomic mass is 10.2. The average Bonchev–Trinajstić information content (AvgIpc) is 2.35. The van der Waals surface area contributed by atoms with Crippen molar-refractivity contribution in [3.8, 4) is 5.75 Å². The van der Waals surface area contributed by atoms with Crippen LogP contribution in [0.4, 0.5) is 0 Å². The van der Waals surface area contributed by atoms with Crippen molar-refractivity contribution in [2.75, 3.05) is 13.7 Å². The number of halogens is 1. The molecule has 1 rings (SSSR count). The van der Waals surface area contributed by atoms with Crippen LogP contribution in [-0.2, 0) is 4.79 Å². The molecule has 0 spiro atoms. The molecule has 5 heteroatoms. The highest BCUT2D eigenvalue weighted by molar-refractivity contribution is 9.10. The molecule has 0 radical (unpaired) electrons. The highest BCUT2D eigenvalue weighted by atomic mass is 79.9. The van der Waals surface area contributed by atoms with Crippen LogP contribution in [0, 0.1) is 0 Å². The molecule has 0 atom stereocenters. The van der Waals surface area contributed by atoms with Crippen LogP contribution in [0.2, 0.25) is 0 Å². The molecule has 0 aliphatic carbocycles. The van der Waals surface area contributed by atoms with Gasteiger partial charge in [0.15, 0.2) is 6.29 Å². The van der Waals surface area contributed by atoms with Crippen LogP contribution >= 0.6 is 15.9 Å². The zero-order valence-corrected chi connectivity index (χ0v) is 11.1. The molecule has 0 aromatic heterocycles. The Balaban J connectivity index is 2.51. The van der Waals surface area contributed by atoms with Crippen molar-refractivity contribution in [1.29, 1.82) is 0 Å². The molecule has 0 fully saturated rings. The van der Waals surface area contributed by atoms with Crippen molar-refractivity contribution < 1.29 is 14.3 Å². The van der Waals surface area contributed by atoms with Gasteiger partial charge in [0.05, 0.1) is 16.6 Å². The molecule has 0 saturated carbocycles. The van der Waals surface area contributed by atoms with Crippen molar-refractivity contribution in [3.63, 3.8) is 0 Å². The number of hydrogen-bond donors (Lipinski definition) is 1. The molecule has 0 saturated heterocycles. The largest absolute Gasteiger partial charge is 0.492 e. The zero-order chi connectivity index (χ0) is 12.7. The minimum Gasteiger partial charge on any atom is -0.492 e. The first-order valence-corrected chi connectivity index (χ1v) is 6.05. The van der Waals surface area contributed by atoms with Crippen molar-refractivity contribution in [2.24, 2.45) is 0 Å². The summed E-state index contributed by atoms with van der Waals surface area (Å²) >= 11 is 3.32. The number of para-hydroxylation sites is 1. The Morgan fingerprint density at radius 1 is 1.53 bits per heavy atom. The maximum atomic E-state index is 11.0. The number of amides is 1.